The molecule has 1 aliphatic heterocycles. The molecule has 1 heterocycles. The predicted molar refractivity (Wildman–Crippen MR) is 105 cm³/mol. The first-order valence-corrected chi connectivity index (χ1v) is 9.11. The number of rotatable bonds is 7. The third-order valence-corrected chi connectivity index (χ3v) is 4.78. The highest BCUT2D eigenvalue weighted by Crippen LogP contribution is 2.42. The number of ether oxygens (including phenoxy) is 3. The van der Waals surface area contributed by atoms with Crippen LogP contribution in [0.3, 0.4) is 0 Å². The molecule has 0 aliphatic carbocycles. The van der Waals surface area contributed by atoms with Crippen LogP contribution in [0, 0.1) is 0 Å². The van der Waals surface area contributed by atoms with Crippen molar-refractivity contribution in [2.75, 3.05) is 33.2 Å². The number of carbonyl (C=O) groups is 1. The van der Waals surface area contributed by atoms with E-state index in [-0.39, 0.29) is 12.1 Å². The van der Waals surface area contributed by atoms with Gasteiger partial charge in [-0.05, 0) is 30.7 Å². The van der Waals surface area contributed by atoms with Crippen molar-refractivity contribution in [3.8, 4) is 17.2 Å². The maximum Gasteiger partial charge on any atom is 0.257 e. The van der Waals surface area contributed by atoms with Crippen LogP contribution in [-0.4, -0.2) is 38.7 Å². The maximum atomic E-state index is 13.1. The second-order valence-corrected chi connectivity index (χ2v) is 6.40. The van der Waals surface area contributed by atoms with Crippen molar-refractivity contribution in [2.45, 2.75) is 25.9 Å². The molecule has 0 saturated heterocycles. The van der Waals surface area contributed by atoms with Gasteiger partial charge >= 0.3 is 0 Å². The van der Waals surface area contributed by atoms with Crippen LogP contribution in [0.5, 0.6) is 17.2 Å². The number of anilines is 1. The van der Waals surface area contributed by atoms with Gasteiger partial charge in [-0.15, -0.1) is 0 Å². The van der Waals surface area contributed by atoms with E-state index in [4.69, 9.17) is 14.2 Å². The van der Waals surface area contributed by atoms with Gasteiger partial charge in [-0.1, -0.05) is 25.5 Å². The van der Waals surface area contributed by atoms with Gasteiger partial charge in [0, 0.05) is 17.8 Å². The summed E-state index contributed by atoms with van der Waals surface area (Å²) in [6.45, 7) is 2.78. The number of fused-ring (bicyclic) bond motifs is 1. The molecule has 144 valence electrons. The Labute approximate surface area is 160 Å². The Balaban J connectivity index is 2.08. The Morgan fingerprint density at radius 1 is 1.04 bits per heavy atom. The van der Waals surface area contributed by atoms with Crippen molar-refractivity contribution in [1.29, 1.82) is 0 Å². The number of hydrogen-bond donors (Lipinski definition) is 1. The van der Waals surface area contributed by atoms with E-state index in [0.29, 0.717) is 29.4 Å². The summed E-state index contributed by atoms with van der Waals surface area (Å²) in [7, 11) is 4.75. The zero-order valence-electron chi connectivity index (χ0n) is 16.2. The van der Waals surface area contributed by atoms with Crippen LogP contribution in [0.15, 0.2) is 36.4 Å². The van der Waals surface area contributed by atoms with E-state index in [2.05, 4.69) is 12.2 Å². The van der Waals surface area contributed by atoms with Crippen molar-refractivity contribution in [3.05, 3.63) is 47.5 Å². The SMILES string of the molecule is CCCCN1C(=O)c2ccccc2NC1c1cc(OC)c(OC)c(OC)c1. The van der Waals surface area contributed by atoms with Crippen LogP contribution in [0.25, 0.3) is 0 Å². The van der Waals surface area contributed by atoms with Gasteiger partial charge in [0.15, 0.2) is 11.5 Å². The molecular weight excluding hydrogens is 344 g/mol. The summed E-state index contributed by atoms with van der Waals surface area (Å²) in [4.78, 5) is 15.0. The Bertz CT molecular complexity index is 797. The molecular formula is C21H26N2O4. The lowest BCUT2D eigenvalue weighted by Gasteiger charge is -2.38. The second-order valence-electron chi connectivity index (χ2n) is 6.40. The Morgan fingerprint density at radius 3 is 2.30 bits per heavy atom. The highest BCUT2D eigenvalue weighted by atomic mass is 16.5. The molecule has 0 aromatic heterocycles. The Morgan fingerprint density at radius 2 is 1.70 bits per heavy atom. The summed E-state index contributed by atoms with van der Waals surface area (Å²) >= 11 is 0. The van der Waals surface area contributed by atoms with Gasteiger partial charge < -0.3 is 24.4 Å². The predicted octanol–water partition coefficient (Wildman–Crippen LogP) is 4.08. The molecule has 0 spiro atoms. The molecule has 27 heavy (non-hydrogen) atoms. The molecule has 1 atom stereocenters. The number of methoxy groups -OCH3 is 3. The van der Waals surface area contributed by atoms with Gasteiger partial charge in [0.25, 0.3) is 5.91 Å². The molecule has 1 N–H and O–H groups in total. The van der Waals surface area contributed by atoms with Crippen LogP contribution >= 0.6 is 0 Å². The van der Waals surface area contributed by atoms with Crippen LogP contribution in [-0.2, 0) is 0 Å². The molecule has 1 aliphatic rings. The first-order valence-electron chi connectivity index (χ1n) is 9.11. The van der Waals surface area contributed by atoms with E-state index in [0.717, 1.165) is 24.1 Å². The number of carbonyl (C=O) groups excluding carboxylic acids is 1. The van der Waals surface area contributed by atoms with E-state index in [1.807, 2.05) is 41.3 Å². The second kappa shape index (κ2) is 8.20. The molecule has 0 bridgehead atoms. The van der Waals surface area contributed by atoms with Gasteiger partial charge in [0.2, 0.25) is 5.75 Å². The highest BCUT2D eigenvalue weighted by Gasteiger charge is 2.33. The van der Waals surface area contributed by atoms with E-state index >= 15 is 0 Å². The van der Waals surface area contributed by atoms with Crippen molar-refractivity contribution in [1.82, 2.24) is 4.90 Å². The molecule has 3 rings (SSSR count). The number of nitrogens with one attached hydrogen (secondary N) is 1. The number of amides is 1. The molecule has 0 fully saturated rings. The first kappa shape index (κ1) is 18.9. The fourth-order valence-corrected chi connectivity index (χ4v) is 3.37. The average Bonchev–Trinajstić information content (AvgIpc) is 2.71. The molecule has 2 aromatic rings. The monoisotopic (exact) mass is 370 g/mol. The number of unbranched alkanes of at least 4 members (excludes halogenated alkanes) is 1. The number of para-hydroxylation sites is 1. The molecule has 1 unspecified atom stereocenters. The topological polar surface area (TPSA) is 60.0 Å². The van der Waals surface area contributed by atoms with Gasteiger partial charge in [-0.3, -0.25) is 4.79 Å². The molecule has 6 heteroatoms. The summed E-state index contributed by atoms with van der Waals surface area (Å²) < 4.78 is 16.4. The zero-order valence-corrected chi connectivity index (χ0v) is 16.2. The number of benzene rings is 2. The van der Waals surface area contributed by atoms with Crippen LogP contribution in [0.4, 0.5) is 5.69 Å². The van der Waals surface area contributed by atoms with E-state index < -0.39 is 0 Å². The molecule has 0 radical (unpaired) electrons. The lowest BCUT2D eigenvalue weighted by atomic mass is 10.0. The third kappa shape index (κ3) is 3.52. The molecule has 6 nitrogen and oxygen atoms in total. The van der Waals surface area contributed by atoms with Crippen LogP contribution in [0.1, 0.15) is 41.9 Å². The zero-order chi connectivity index (χ0) is 19.4. The summed E-state index contributed by atoms with van der Waals surface area (Å²) in [5.74, 6) is 1.69. The smallest absolute Gasteiger partial charge is 0.257 e. The lowest BCUT2D eigenvalue weighted by Crippen LogP contribution is -2.43. The van der Waals surface area contributed by atoms with E-state index in [1.165, 1.54) is 0 Å². The van der Waals surface area contributed by atoms with Crippen molar-refractivity contribution < 1.29 is 19.0 Å². The maximum absolute atomic E-state index is 13.1. The standard InChI is InChI=1S/C21H26N2O4/c1-5-6-11-23-20(22-16-10-8-7-9-15(16)21(23)24)14-12-17(25-2)19(27-4)18(13-14)26-3/h7-10,12-13,20,22H,5-6,11H2,1-4H3. The fourth-order valence-electron chi connectivity index (χ4n) is 3.37. The lowest BCUT2D eigenvalue weighted by molar-refractivity contribution is 0.0680. The summed E-state index contributed by atoms with van der Waals surface area (Å²) in [5.41, 5.74) is 2.40. The quantitative estimate of drug-likeness (QED) is 0.796. The molecule has 1 amide bonds. The fraction of sp³-hybridized carbons (Fsp3) is 0.381. The first-order chi connectivity index (χ1) is 13.1. The average molecular weight is 370 g/mol. The summed E-state index contributed by atoms with van der Waals surface area (Å²) in [6.07, 6.45) is 1.62. The number of nitrogens with zero attached hydrogens (tertiary/aromatic N) is 1. The normalized spacial score (nSPS) is 15.8. The van der Waals surface area contributed by atoms with Gasteiger partial charge in [-0.2, -0.15) is 0 Å². The van der Waals surface area contributed by atoms with Gasteiger partial charge in [0.05, 0.1) is 26.9 Å². The third-order valence-electron chi connectivity index (χ3n) is 4.78. The van der Waals surface area contributed by atoms with Crippen molar-refractivity contribution in [3.63, 3.8) is 0 Å². The summed E-state index contributed by atoms with van der Waals surface area (Å²) in [5, 5.41) is 3.50. The van der Waals surface area contributed by atoms with E-state index in [9.17, 15) is 4.79 Å². The van der Waals surface area contributed by atoms with Gasteiger partial charge in [-0.25, -0.2) is 0 Å². The highest BCUT2D eigenvalue weighted by molar-refractivity contribution is 6.01. The largest absolute Gasteiger partial charge is 0.493 e. The molecule has 2 aromatic carbocycles. The minimum atomic E-state index is -0.312. The van der Waals surface area contributed by atoms with Crippen molar-refractivity contribution >= 4 is 11.6 Å². The van der Waals surface area contributed by atoms with E-state index in [1.54, 1.807) is 21.3 Å². The van der Waals surface area contributed by atoms with Crippen molar-refractivity contribution in [2.24, 2.45) is 0 Å². The van der Waals surface area contributed by atoms with Gasteiger partial charge in [0.1, 0.15) is 6.17 Å². The Kier molecular flexibility index (Phi) is 5.74. The minimum absolute atomic E-state index is 0.0246. The Hall–Kier alpha value is -2.89. The minimum Gasteiger partial charge on any atom is -0.493 e. The number of hydrogen-bond acceptors (Lipinski definition) is 5. The van der Waals surface area contributed by atoms with Crippen LogP contribution in [0.2, 0.25) is 0 Å². The van der Waals surface area contributed by atoms with Crippen LogP contribution < -0.4 is 19.5 Å². The molecule has 0 saturated carbocycles. The summed E-state index contributed by atoms with van der Waals surface area (Å²) in [6, 6.07) is 11.4.